The second-order valence-electron chi connectivity index (χ2n) is 5.16. The molecule has 134 valence electrons. The predicted molar refractivity (Wildman–Crippen MR) is 103 cm³/mol. The molecular weight excluding hydrogens is 359 g/mol. The number of nitrogens with one attached hydrogen (secondary N) is 1. The van der Waals surface area contributed by atoms with Crippen molar-refractivity contribution < 1.29 is 4.79 Å². The van der Waals surface area contributed by atoms with Gasteiger partial charge in [-0.15, -0.1) is 37.2 Å². The lowest BCUT2D eigenvalue weighted by Crippen LogP contribution is -2.45. The Bertz CT molecular complexity index is 437. The fraction of sp³-hybridized carbons (Fsp3) is 0.533. The molecule has 1 heterocycles. The van der Waals surface area contributed by atoms with E-state index in [2.05, 4.69) is 34.2 Å². The molecule has 0 radical (unpaired) electrons. The number of anilines is 1. The average Bonchev–Trinajstić information content (AvgIpc) is 2.50. The number of hydrogen-bond acceptors (Lipinski definition) is 4. The van der Waals surface area contributed by atoms with Crippen LogP contribution in [-0.4, -0.2) is 55.0 Å². The molecule has 0 spiro atoms. The molecule has 1 saturated heterocycles. The van der Waals surface area contributed by atoms with Gasteiger partial charge in [-0.2, -0.15) is 0 Å². The molecule has 0 bridgehead atoms. The number of halogens is 3. The number of nitrogens with zero attached hydrogens (tertiary/aromatic N) is 2. The fourth-order valence-electron chi connectivity index (χ4n) is 2.43. The average molecular weight is 386 g/mol. The Morgan fingerprint density at radius 2 is 1.57 bits per heavy atom. The Kier molecular flexibility index (Phi) is 13.8. The van der Waals surface area contributed by atoms with Gasteiger partial charge in [-0.3, -0.25) is 9.69 Å². The summed E-state index contributed by atoms with van der Waals surface area (Å²) in [6.45, 7) is 8.90. The smallest absolute Gasteiger partial charge is 0.238 e. The Hall–Kier alpha value is -0.560. The van der Waals surface area contributed by atoms with Crippen molar-refractivity contribution in [1.29, 1.82) is 0 Å². The van der Waals surface area contributed by atoms with Gasteiger partial charge in [0, 0.05) is 38.4 Å². The maximum absolute atomic E-state index is 11.2. The van der Waals surface area contributed by atoms with Crippen LogP contribution < -0.4 is 11.1 Å². The third-order valence-corrected chi connectivity index (χ3v) is 3.74. The van der Waals surface area contributed by atoms with Gasteiger partial charge in [0.15, 0.2) is 0 Å². The lowest BCUT2D eigenvalue weighted by atomic mass is 10.1. The zero-order valence-corrected chi connectivity index (χ0v) is 15.8. The van der Waals surface area contributed by atoms with Crippen LogP contribution in [0.15, 0.2) is 24.3 Å². The highest BCUT2D eigenvalue weighted by molar-refractivity contribution is 5.92. The van der Waals surface area contributed by atoms with Crippen LogP contribution in [-0.2, 0) is 11.3 Å². The highest BCUT2D eigenvalue weighted by atomic mass is 35.5. The van der Waals surface area contributed by atoms with Gasteiger partial charge in [-0.05, 0) is 24.2 Å². The number of likely N-dealkylation sites (N-methyl/N-ethyl adjacent to an activating group) is 1. The van der Waals surface area contributed by atoms with Gasteiger partial charge in [-0.25, -0.2) is 0 Å². The molecule has 5 nitrogen and oxygen atoms in total. The summed E-state index contributed by atoms with van der Waals surface area (Å²) in [4.78, 5) is 16.1. The zero-order valence-electron chi connectivity index (χ0n) is 13.4. The number of nitrogens with two attached hydrogens (primary N) is 1. The monoisotopic (exact) mass is 384 g/mol. The second kappa shape index (κ2) is 12.8. The highest BCUT2D eigenvalue weighted by Crippen LogP contribution is 2.12. The van der Waals surface area contributed by atoms with E-state index in [4.69, 9.17) is 5.73 Å². The maximum atomic E-state index is 11.2. The van der Waals surface area contributed by atoms with Crippen LogP contribution in [0.1, 0.15) is 12.5 Å². The lowest BCUT2D eigenvalue weighted by molar-refractivity contribution is -0.114. The van der Waals surface area contributed by atoms with E-state index in [1.807, 2.05) is 12.1 Å². The molecule has 2 rings (SSSR count). The van der Waals surface area contributed by atoms with Gasteiger partial charge in [0.05, 0.1) is 6.54 Å². The summed E-state index contributed by atoms with van der Waals surface area (Å²) in [7, 11) is 0. The van der Waals surface area contributed by atoms with E-state index in [0.717, 1.165) is 45.0 Å². The van der Waals surface area contributed by atoms with Gasteiger partial charge in [0.1, 0.15) is 0 Å². The van der Waals surface area contributed by atoms with Crippen molar-refractivity contribution in [3.8, 4) is 0 Å². The number of carbonyl (C=O) groups excluding carboxylic acids is 1. The van der Waals surface area contributed by atoms with Crippen molar-refractivity contribution in [2.24, 2.45) is 5.73 Å². The normalized spacial score (nSPS) is 14.9. The van der Waals surface area contributed by atoms with E-state index in [9.17, 15) is 4.79 Å². The minimum absolute atomic E-state index is 0. The van der Waals surface area contributed by atoms with Gasteiger partial charge in [-0.1, -0.05) is 19.1 Å². The van der Waals surface area contributed by atoms with Crippen molar-refractivity contribution in [3.05, 3.63) is 29.8 Å². The van der Waals surface area contributed by atoms with E-state index in [1.165, 1.54) is 5.56 Å². The predicted octanol–water partition coefficient (Wildman–Crippen LogP) is 1.99. The SMILES string of the molecule is CCN1CCN(Cc2ccc(NC(=O)CN)cc2)CC1.Cl.Cl.Cl. The van der Waals surface area contributed by atoms with E-state index < -0.39 is 0 Å². The van der Waals surface area contributed by atoms with Crippen molar-refractivity contribution in [1.82, 2.24) is 9.80 Å². The fourth-order valence-corrected chi connectivity index (χ4v) is 2.43. The molecule has 3 N–H and O–H groups in total. The molecule has 0 aliphatic carbocycles. The van der Waals surface area contributed by atoms with Crippen LogP contribution in [0.3, 0.4) is 0 Å². The largest absolute Gasteiger partial charge is 0.325 e. The van der Waals surface area contributed by atoms with Crippen molar-refractivity contribution >= 4 is 48.8 Å². The summed E-state index contributed by atoms with van der Waals surface area (Å²) >= 11 is 0. The van der Waals surface area contributed by atoms with E-state index in [-0.39, 0.29) is 49.7 Å². The molecule has 1 aliphatic heterocycles. The van der Waals surface area contributed by atoms with E-state index >= 15 is 0 Å². The topological polar surface area (TPSA) is 61.6 Å². The second-order valence-corrected chi connectivity index (χ2v) is 5.16. The van der Waals surface area contributed by atoms with E-state index in [0.29, 0.717) is 0 Å². The summed E-state index contributed by atoms with van der Waals surface area (Å²) in [6, 6.07) is 8.01. The molecule has 1 aromatic rings. The quantitative estimate of drug-likeness (QED) is 0.813. The first-order chi connectivity index (χ1) is 9.71. The number of benzene rings is 1. The summed E-state index contributed by atoms with van der Waals surface area (Å²) < 4.78 is 0. The first kappa shape index (κ1) is 24.7. The van der Waals surface area contributed by atoms with Crippen LogP contribution in [0.5, 0.6) is 0 Å². The number of carbonyl (C=O) groups is 1. The molecule has 1 amide bonds. The standard InChI is InChI=1S/C15H24N4O.3ClH/c1-2-18-7-9-19(10-8-18)12-13-3-5-14(6-4-13)17-15(20)11-16;;;/h3-6H,2,7-12,16H2,1H3,(H,17,20);3*1H. The molecule has 1 aliphatic rings. The molecule has 0 aromatic heterocycles. The summed E-state index contributed by atoms with van der Waals surface area (Å²) in [5, 5.41) is 2.75. The number of piperazine rings is 1. The maximum Gasteiger partial charge on any atom is 0.238 e. The van der Waals surface area contributed by atoms with Gasteiger partial charge < -0.3 is 16.0 Å². The number of hydrogen-bond donors (Lipinski definition) is 2. The molecule has 8 heteroatoms. The third-order valence-electron chi connectivity index (χ3n) is 3.74. The van der Waals surface area contributed by atoms with Crippen LogP contribution >= 0.6 is 37.2 Å². The summed E-state index contributed by atoms with van der Waals surface area (Å²) in [5.41, 5.74) is 7.36. The minimum Gasteiger partial charge on any atom is -0.325 e. The molecule has 0 saturated carbocycles. The van der Waals surface area contributed by atoms with Crippen LogP contribution in [0, 0.1) is 0 Å². The Balaban J connectivity index is 0. The van der Waals surface area contributed by atoms with Crippen LogP contribution in [0.4, 0.5) is 5.69 Å². The molecule has 0 atom stereocenters. The van der Waals surface area contributed by atoms with Gasteiger partial charge >= 0.3 is 0 Å². The van der Waals surface area contributed by atoms with Crippen LogP contribution in [0.25, 0.3) is 0 Å². The molecular formula is C15H27Cl3N4O. The Morgan fingerprint density at radius 1 is 1.04 bits per heavy atom. The minimum atomic E-state index is -0.159. The Morgan fingerprint density at radius 3 is 2.04 bits per heavy atom. The lowest BCUT2D eigenvalue weighted by Gasteiger charge is -2.34. The van der Waals surface area contributed by atoms with Crippen molar-refractivity contribution in [2.45, 2.75) is 13.5 Å². The molecule has 0 unspecified atom stereocenters. The first-order valence-electron chi connectivity index (χ1n) is 7.25. The first-order valence-corrected chi connectivity index (χ1v) is 7.25. The molecule has 1 aromatic carbocycles. The molecule has 23 heavy (non-hydrogen) atoms. The van der Waals surface area contributed by atoms with Crippen molar-refractivity contribution in [3.63, 3.8) is 0 Å². The van der Waals surface area contributed by atoms with E-state index in [1.54, 1.807) is 0 Å². The number of rotatable bonds is 5. The zero-order chi connectivity index (χ0) is 14.4. The van der Waals surface area contributed by atoms with Gasteiger partial charge in [0.2, 0.25) is 5.91 Å². The van der Waals surface area contributed by atoms with Crippen molar-refractivity contribution in [2.75, 3.05) is 44.6 Å². The summed E-state index contributed by atoms with van der Waals surface area (Å²) in [6.07, 6.45) is 0. The Labute approximate surface area is 157 Å². The number of amides is 1. The van der Waals surface area contributed by atoms with Gasteiger partial charge in [0.25, 0.3) is 0 Å². The molecule has 1 fully saturated rings. The third kappa shape index (κ3) is 8.20. The summed E-state index contributed by atoms with van der Waals surface area (Å²) in [5.74, 6) is -0.159. The van der Waals surface area contributed by atoms with Crippen LogP contribution in [0.2, 0.25) is 0 Å². The highest BCUT2D eigenvalue weighted by Gasteiger charge is 2.15.